The molecule has 2 bridgehead atoms. The molecule has 21 heavy (non-hydrogen) atoms. The third-order valence-electron chi connectivity index (χ3n) is 5.69. The van der Waals surface area contributed by atoms with Gasteiger partial charge in [-0.2, -0.15) is 0 Å². The first-order chi connectivity index (χ1) is 10.2. The van der Waals surface area contributed by atoms with E-state index in [1.54, 1.807) is 6.20 Å². The molecule has 3 nitrogen and oxygen atoms in total. The Labute approximate surface area is 125 Å². The Morgan fingerprint density at radius 3 is 2.95 bits per heavy atom. The monoisotopic (exact) mass is 282 g/mol. The Balaban J connectivity index is 1.37. The second-order valence-corrected chi connectivity index (χ2v) is 7.03. The van der Waals surface area contributed by atoms with Crippen LogP contribution in [0.15, 0.2) is 36.5 Å². The average molecular weight is 282 g/mol. The fourth-order valence-electron chi connectivity index (χ4n) is 4.50. The minimum absolute atomic E-state index is 0.144. The molecule has 0 aliphatic heterocycles. The van der Waals surface area contributed by atoms with Gasteiger partial charge in [-0.25, -0.2) is 0 Å². The molecule has 0 unspecified atom stereocenters. The van der Waals surface area contributed by atoms with Crippen molar-refractivity contribution in [1.29, 1.82) is 0 Å². The highest BCUT2D eigenvalue weighted by molar-refractivity contribution is 5.80. The first-order valence-electron chi connectivity index (χ1n) is 8.08. The Morgan fingerprint density at radius 1 is 1.43 bits per heavy atom. The van der Waals surface area contributed by atoms with E-state index in [1.807, 2.05) is 18.2 Å². The van der Waals surface area contributed by atoms with Crippen LogP contribution in [0.4, 0.5) is 0 Å². The summed E-state index contributed by atoms with van der Waals surface area (Å²) < 4.78 is 0. The van der Waals surface area contributed by atoms with E-state index >= 15 is 0 Å². The lowest BCUT2D eigenvalue weighted by Crippen LogP contribution is -2.40. The van der Waals surface area contributed by atoms with Crippen LogP contribution in [0.3, 0.4) is 0 Å². The van der Waals surface area contributed by atoms with Gasteiger partial charge in [-0.15, -0.1) is 0 Å². The minimum Gasteiger partial charge on any atom is -0.353 e. The Bertz CT molecular complexity index is 576. The van der Waals surface area contributed by atoms with Gasteiger partial charge in [0.1, 0.15) is 0 Å². The van der Waals surface area contributed by atoms with Crippen LogP contribution in [0.25, 0.3) is 0 Å². The summed E-state index contributed by atoms with van der Waals surface area (Å²) in [5.74, 6) is 1.63. The van der Waals surface area contributed by atoms with Crippen molar-refractivity contribution in [3.63, 3.8) is 0 Å². The number of nitrogens with zero attached hydrogens (tertiary/aromatic N) is 1. The normalized spacial score (nSPS) is 32.3. The van der Waals surface area contributed by atoms with E-state index in [9.17, 15) is 4.79 Å². The average Bonchev–Trinajstić information content (AvgIpc) is 3.14. The van der Waals surface area contributed by atoms with Gasteiger partial charge in [0, 0.05) is 30.3 Å². The summed E-state index contributed by atoms with van der Waals surface area (Å²) in [6.07, 6.45) is 11.0. The van der Waals surface area contributed by atoms with Gasteiger partial charge in [0.05, 0.1) is 0 Å². The molecular weight excluding hydrogens is 260 g/mol. The van der Waals surface area contributed by atoms with Gasteiger partial charge in [0.15, 0.2) is 0 Å². The zero-order valence-electron chi connectivity index (χ0n) is 12.5. The molecular formula is C18H22N2O. The zero-order valence-corrected chi connectivity index (χ0v) is 12.5. The molecule has 0 aromatic carbocycles. The molecule has 110 valence electrons. The van der Waals surface area contributed by atoms with E-state index in [2.05, 4.69) is 29.4 Å². The van der Waals surface area contributed by atoms with Crippen molar-refractivity contribution in [2.24, 2.45) is 23.2 Å². The summed E-state index contributed by atoms with van der Waals surface area (Å²) in [5, 5.41) is 3.21. The first-order valence-corrected chi connectivity index (χ1v) is 8.08. The molecule has 1 spiro atoms. The number of hydrogen-bond acceptors (Lipinski definition) is 2. The van der Waals surface area contributed by atoms with Crippen molar-refractivity contribution < 1.29 is 4.79 Å². The summed E-state index contributed by atoms with van der Waals surface area (Å²) in [4.78, 5) is 16.9. The molecule has 1 amide bonds. The largest absolute Gasteiger partial charge is 0.353 e. The maximum absolute atomic E-state index is 12.6. The third-order valence-corrected chi connectivity index (χ3v) is 5.69. The molecule has 3 aliphatic rings. The van der Waals surface area contributed by atoms with Crippen LogP contribution < -0.4 is 5.32 Å². The van der Waals surface area contributed by atoms with E-state index in [0.29, 0.717) is 17.3 Å². The van der Waals surface area contributed by atoms with Crippen molar-refractivity contribution in [2.75, 3.05) is 0 Å². The summed E-state index contributed by atoms with van der Waals surface area (Å²) in [6, 6.07) is 6.07. The smallest absolute Gasteiger partial charge is 0.223 e. The Morgan fingerprint density at radius 2 is 2.29 bits per heavy atom. The van der Waals surface area contributed by atoms with E-state index < -0.39 is 0 Å². The number of allylic oxidation sites excluding steroid dienone is 2. The number of carbonyl (C=O) groups excluding carboxylic acids is 1. The highest BCUT2D eigenvalue weighted by atomic mass is 16.2. The van der Waals surface area contributed by atoms with Crippen molar-refractivity contribution in [2.45, 2.75) is 38.6 Å². The number of rotatable bonds is 4. The molecule has 1 aromatic rings. The fourth-order valence-corrected chi connectivity index (χ4v) is 4.50. The van der Waals surface area contributed by atoms with Gasteiger partial charge in [-0.1, -0.05) is 18.2 Å². The number of aromatic nitrogens is 1. The molecule has 2 saturated carbocycles. The quantitative estimate of drug-likeness (QED) is 0.863. The number of carbonyl (C=O) groups is 1. The van der Waals surface area contributed by atoms with E-state index in [1.165, 1.54) is 12.8 Å². The SMILES string of the molecule is C[C@@H](Cc1ccccn1)NC(=O)[C@@H]1C[C@H]2C=C[C@H]1C21CC1. The zero-order chi connectivity index (χ0) is 14.4. The van der Waals surface area contributed by atoms with Crippen molar-refractivity contribution >= 4 is 5.91 Å². The maximum Gasteiger partial charge on any atom is 0.223 e. The standard InChI is InChI=1S/C18H22N2O/c1-12(10-14-4-2-3-9-19-14)20-17(21)15-11-13-5-6-16(15)18(13)7-8-18/h2-6,9,12-13,15-16H,7-8,10-11H2,1H3,(H,20,21)/t12-,13+,15+,16+/m0/s1. The van der Waals surface area contributed by atoms with Crippen LogP contribution in [0.1, 0.15) is 31.9 Å². The van der Waals surface area contributed by atoms with Crippen LogP contribution >= 0.6 is 0 Å². The van der Waals surface area contributed by atoms with Crippen LogP contribution in [0.5, 0.6) is 0 Å². The molecule has 0 saturated heterocycles. The van der Waals surface area contributed by atoms with Gasteiger partial charge in [0.25, 0.3) is 0 Å². The van der Waals surface area contributed by atoms with Crippen molar-refractivity contribution in [3.8, 4) is 0 Å². The molecule has 3 aliphatic carbocycles. The van der Waals surface area contributed by atoms with Crippen LogP contribution in [0, 0.1) is 23.2 Å². The molecule has 0 radical (unpaired) electrons. The fraction of sp³-hybridized carbons (Fsp3) is 0.556. The summed E-state index contributed by atoms with van der Waals surface area (Å²) in [7, 11) is 0. The Kier molecular flexibility index (Phi) is 2.91. The lowest BCUT2D eigenvalue weighted by molar-refractivity contribution is -0.126. The van der Waals surface area contributed by atoms with Crippen LogP contribution in [-0.4, -0.2) is 16.9 Å². The number of hydrogen-bond donors (Lipinski definition) is 1. The molecule has 1 N–H and O–H groups in total. The van der Waals surface area contributed by atoms with Crippen LogP contribution in [-0.2, 0) is 11.2 Å². The van der Waals surface area contributed by atoms with Gasteiger partial charge < -0.3 is 5.32 Å². The lowest BCUT2D eigenvalue weighted by Gasteiger charge is -2.22. The second kappa shape index (κ2) is 4.69. The Hall–Kier alpha value is -1.64. The summed E-state index contributed by atoms with van der Waals surface area (Å²) >= 11 is 0. The maximum atomic E-state index is 12.6. The highest BCUT2D eigenvalue weighted by Crippen LogP contribution is 2.70. The van der Waals surface area contributed by atoms with E-state index in [0.717, 1.165) is 18.5 Å². The highest BCUT2D eigenvalue weighted by Gasteiger charge is 2.64. The predicted molar refractivity (Wildman–Crippen MR) is 81.4 cm³/mol. The summed E-state index contributed by atoms with van der Waals surface area (Å²) in [6.45, 7) is 2.07. The van der Waals surface area contributed by atoms with Gasteiger partial charge in [0.2, 0.25) is 5.91 Å². The lowest BCUT2D eigenvalue weighted by atomic mass is 9.88. The third kappa shape index (κ3) is 2.10. The number of nitrogens with one attached hydrogen (secondary N) is 1. The molecule has 1 heterocycles. The topological polar surface area (TPSA) is 42.0 Å². The first kappa shape index (κ1) is 13.1. The number of amides is 1. The van der Waals surface area contributed by atoms with Crippen molar-refractivity contribution in [3.05, 3.63) is 42.2 Å². The minimum atomic E-state index is 0.144. The van der Waals surface area contributed by atoms with Gasteiger partial charge in [-0.3, -0.25) is 9.78 Å². The van der Waals surface area contributed by atoms with Crippen molar-refractivity contribution in [1.82, 2.24) is 10.3 Å². The molecule has 2 fully saturated rings. The van der Waals surface area contributed by atoms with Gasteiger partial charge in [-0.05, 0) is 55.6 Å². The van der Waals surface area contributed by atoms with Gasteiger partial charge >= 0.3 is 0 Å². The second-order valence-electron chi connectivity index (χ2n) is 7.03. The van der Waals surface area contributed by atoms with Crippen LogP contribution in [0.2, 0.25) is 0 Å². The van der Waals surface area contributed by atoms with E-state index in [-0.39, 0.29) is 17.9 Å². The molecule has 4 atom stereocenters. The van der Waals surface area contributed by atoms with E-state index in [4.69, 9.17) is 0 Å². The predicted octanol–water partition coefficient (Wildman–Crippen LogP) is 2.73. The summed E-state index contributed by atoms with van der Waals surface area (Å²) in [5.41, 5.74) is 1.53. The molecule has 4 rings (SSSR count). The number of pyridine rings is 1. The molecule has 3 heteroatoms. The molecule has 1 aromatic heterocycles.